The average Bonchev–Trinajstić information content (AvgIpc) is 2.58. The maximum atomic E-state index is 9.77. The molecule has 0 aliphatic heterocycles. The molecule has 0 fully saturated rings. The molecular weight excluding hydrogens is 304 g/mol. The van der Waals surface area contributed by atoms with Crippen LogP contribution < -0.4 is 9.47 Å². The first-order chi connectivity index (χ1) is 11.5. The van der Waals surface area contributed by atoms with Crippen molar-refractivity contribution < 1.29 is 19.7 Å². The molecule has 0 heterocycles. The number of rotatable bonds is 6. The van der Waals surface area contributed by atoms with Crippen molar-refractivity contribution in [1.29, 1.82) is 0 Å². The lowest BCUT2D eigenvalue weighted by Gasteiger charge is -2.18. The van der Waals surface area contributed by atoms with E-state index in [1.54, 1.807) is 19.2 Å². The quantitative estimate of drug-likeness (QED) is 0.806. The molecule has 4 heteroatoms. The van der Waals surface area contributed by atoms with Gasteiger partial charge in [0.2, 0.25) is 0 Å². The van der Waals surface area contributed by atoms with E-state index < -0.39 is 0 Å². The number of phenolic OH excluding ortho intramolecular Hbond substituents is 2. The molecule has 1 atom stereocenters. The molecule has 2 aromatic carbocycles. The van der Waals surface area contributed by atoms with Crippen molar-refractivity contribution in [3.8, 4) is 23.0 Å². The molecule has 0 radical (unpaired) electrons. The molecule has 2 aromatic rings. The van der Waals surface area contributed by atoms with Crippen LogP contribution in [0.5, 0.6) is 23.0 Å². The Hall–Kier alpha value is -2.62. The normalized spacial score (nSPS) is 12.8. The van der Waals surface area contributed by atoms with Crippen molar-refractivity contribution in [3.05, 3.63) is 53.1 Å². The van der Waals surface area contributed by atoms with Crippen LogP contribution in [0.25, 0.3) is 6.08 Å². The van der Waals surface area contributed by atoms with Crippen LogP contribution in [0.1, 0.15) is 37.3 Å². The Morgan fingerprint density at radius 2 is 1.58 bits per heavy atom. The van der Waals surface area contributed by atoms with Crippen molar-refractivity contribution in [2.24, 2.45) is 0 Å². The molecule has 0 aliphatic carbocycles. The molecule has 0 saturated carbocycles. The van der Waals surface area contributed by atoms with Crippen LogP contribution in [0.3, 0.4) is 0 Å². The Bertz CT molecular complexity index is 734. The summed E-state index contributed by atoms with van der Waals surface area (Å²) in [7, 11) is 3.08. The summed E-state index contributed by atoms with van der Waals surface area (Å²) in [6.07, 6.45) is 3.00. The van der Waals surface area contributed by atoms with Gasteiger partial charge in [-0.25, -0.2) is 0 Å². The topological polar surface area (TPSA) is 58.9 Å². The third-order valence-corrected chi connectivity index (χ3v) is 4.16. The first-order valence-electron chi connectivity index (χ1n) is 7.92. The number of hydrogen-bond acceptors (Lipinski definition) is 4. The van der Waals surface area contributed by atoms with Gasteiger partial charge in [0.05, 0.1) is 14.2 Å². The molecule has 0 spiro atoms. The molecule has 1 unspecified atom stereocenters. The maximum absolute atomic E-state index is 9.77. The first-order valence-corrected chi connectivity index (χ1v) is 7.92. The highest BCUT2D eigenvalue weighted by atomic mass is 16.5. The Balaban J connectivity index is 2.36. The fraction of sp³-hybridized carbons (Fsp3) is 0.300. The number of aromatic hydroxyl groups is 2. The summed E-state index contributed by atoms with van der Waals surface area (Å²) in [5.74, 6) is 1.41. The summed E-state index contributed by atoms with van der Waals surface area (Å²) >= 11 is 0. The van der Waals surface area contributed by atoms with E-state index in [2.05, 4.69) is 19.9 Å². The minimum atomic E-state index is 0.127. The van der Waals surface area contributed by atoms with E-state index in [1.165, 1.54) is 12.7 Å². The average molecular weight is 328 g/mol. The van der Waals surface area contributed by atoms with Gasteiger partial charge in [0, 0.05) is 5.92 Å². The van der Waals surface area contributed by atoms with Crippen molar-refractivity contribution in [2.75, 3.05) is 14.2 Å². The highest BCUT2D eigenvalue weighted by Crippen LogP contribution is 2.35. The van der Waals surface area contributed by atoms with Crippen LogP contribution in [-0.2, 0) is 0 Å². The van der Waals surface area contributed by atoms with E-state index in [9.17, 15) is 10.2 Å². The second-order valence-electron chi connectivity index (χ2n) is 5.71. The number of benzene rings is 2. The van der Waals surface area contributed by atoms with Gasteiger partial charge < -0.3 is 19.7 Å². The van der Waals surface area contributed by atoms with Gasteiger partial charge >= 0.3 is 0 Å². The SMILES string of the molecule is CCC(C(C)=Cc1ccc(O)c(OC)c1)c1ccc(O)c(OC)c1. The van der Waals surface area contributed by atoms with E-state index in [1.807, 2.05) is 24.3 Å². The zero-order valence-electron chi connectivity index (χ0n) is 14.5. The Morgan fingerprint density at radius 3 is 2.17 bits per heavy atom. The summed E-state index contributed by atoms with van der Waals surface area (Å²) < 4.78 is 10.4. The van der Waals surface area contributed by atoms with Crippen molar-refractivity contribution >= 4 is 6.08 Å². The minimum Gasteiger partial charge on any atom is -0.504 e. The number of methoxy groups -OCH3 is 2. The van der Waals surface area contributed by atoms with Crippen molar-refractivity contribution in [2.45, 2.75) is 26.2 Å². The molecule has 128 valence electrons. The maximum Gasteiger partial charge on any atom is 0.161 e. The molecule has 0 amide bonds. The third kappa shape index (κ3) is 3.82. The number of phenols is 2. The first kappa shape index (κ1) is 17.7. The van der Waals surface area contributed by atoms with E-state index >= 15 is 0 Å². The van der Waals surface area contributed by atoms with Gasteiger partial charge in [0.1, 0.15) is 0 Å². The largest absolute Gasteiger partial charge is 0.504 e. The van der Waals surface area contributed by atoms with E-state index in [0.717, 1.165) is 17.5 Å². The van der Waals surface area contributed by atoms with Gasteiger partial charge in [0.15, 0.2) is 23.0 Å². The second-order valence-corrected chi connectivity index (χ2v) is 5.71. The fourth-order valence-corrected chi connectivity index (χ4v) is 2.88. The lowest BCUT2D eigenvalue weighted by Crippen LogP contribution is -2.00. The summed E-state index contributed by atoms with van der Waals surface area (Å²) in [6, 6.07) is 10.7. The van der Waals surface area contributed by atoms with Crippen molar-refractivity contribution in [3.63, 3.8) is 0 Å². The Kier molecular flexibility index (Phi) is 5.74. The molecule has 0 aliphatic rings. The Labute approximate surface area is 143 Å². The van der Waals surface area contributed by atoms with Crippen LogP contribution >= 0.6 is 0 Å². The minimum absolute atomic E-state index is 0.127. The zero-order valence-corrected chi connectivity index (χ0v) is 14.5. The second kappa shape index (κ2) is 7.77. The smallest absolute Gasteiger partial charge is 0.161 e. The highest BCUT2D eigenvalue weighted by molar-refractivity contribution is 5.59. The van der Waals surface area contributed by atoms with Gasteiger partial charge in [-0.1, -0.05) is 30.7 Å². The van der Waals surface area contributed by atoms with Crippen LogP contribution in [0.2, 0.25) is 0 Å². The molecule has 0 aromatic heterocycles. The predicted octanol–water partition coefficient (Wildman–Crippen LogP) is 4.71. The number of hydrogen-bond donors (Lipinski definition) is 2. The summed E-state index contributed by atoms with van der Waals surface area (Å²) in [5.41, 5.74) is 3.23. The van der Waals surface area contributed by atoms with Crippen molar-refractivity contribution in [1.82, 2.24) is 0 Å². The van der Waals surface area contributed by atoms with Gasteiger partial charge in [-0.15, -0.1) is 0 Å². The van der Waals surface area contributed by atoms with Gasteiger partial charge in [-0.2, -0.15) is 0 Å². The molecule has 0 bridgehead atoms. The Morgan fingerprint density at radius 1 is 1.00 bits per heavy atom. The summed E-state index contributed by atoms with van der Waals surface area (Å²) in [5, 5.41) is 19.5. The lowest BCUT2D eigenvalue weighted by atomic mass is 9.88. The van der Waals surface area contributed by atoms with Crippen LogP contribution in [0.15, 0.2) is 42.0 Å². The summed E-state index contributed by atoms with van der Waals surface area (Å²) in [4.78, 5) is 0. The summed E-state index contributed by atoms with van der Waals surface area (Å²) in [6.45, 7) is 4.20. The molecule has 0 saturated heterocycles. The molecule has 2 N–H and O–H groups in total. The van der Waals surface area contributed by atoms with Crippen LogP contribution in [0, 0.1) is 0 Å². The standard InChI is InChI=1S/C20H24O4/c1-5-16(15-7-9-18(22)20(12-15)24-4)13(2)10-14-6-8-17(21)19(11-14)23-3/h6-12,16,21-22H,5H2,1-4H3. The van der Waals surface area contributed by atoms with Crippen LogP contribution in [-0.4, -0.2) is 24.4 Å². The van der Waals surface area contributed by atoms with Gasteiger partial charge in [0.25, 0.3) is 0 Å². The highest BCUT2D eigenvalue weighted by Gasteiger charge is 2.14. The van der Waals surface area contributed by atoms with E-state index in [-0.39, 0.29) is 17.4 Å². The van der Waals surface area contributed by atoms with Gasteiger partial charge in [-0.3, -0.25) is 0 Å². The monoisotopic (exact) mass is 328 g/mol. The zero-order chi connectivity index (χ0) is 17.7. The third-order valence-electron chi connectivity index (χ3n) is 4.16. The van der Waals surface area contributed by atoms with Gasteiger partial charge in [-0.05, 0) is 48.7 Å². The predicted molar refractivity (Wildman–Crippen MR) is 96.0 cm³/mol. The van der Waals surface area contributed by atoms with Crippen LogP contribution in [0.4, 0.5) is 0 Å². The molecule has 24 heavy (non-hydrogen) atoms. The van der Waals surface area contributed by atoms with E-state index in [0.29, 0.717) is 11.5 Å². The number of allylic oxidation sites excluding steroid dienone is 1. The fourth-order valence-electron chi connectivity index (χ4n) is 2.88. The number of ether oxygens (including phenoxy) is 2. The molecule has 2 rings (SSSR count). The lowest BCUT2D eigenvalue weighted by molar-refractivity contribution is 0.372. The molecule has 4 nitrogen and oxygen atoms in total. The molecular formula is C20H24O4. The van der Waals surface area contributed by atoms with E-state index in [4.69, 9.17) is 9.47 Å².